The maximum atomic E-state index is 12.0. The van der Waals surface area contributed by atoms with Crippen molar-refractivity contribution in [3.8, 4) is 0 Å². The highest BCUT2D eigenvalue weighted by molar-refractivity contribution is 5.92. The van der Waals surface area contributed by atoms with Crippen molar-refractivity contribution < 1.29 is 19.2 Å². The van der Waals surface area contributed by atoms with Crippen molar-refractivity contribution in [2.24, 2.45) is 5.92 Å². The number of carbonyl (C=O) groups is 2. The van der Waals surface area contributed by atoms with Crippen molar-refractivity contribution in [2.45, 2.75) is 46.3 Å². The van der Waals surface area contributed by atoms with Gasteiger partial charge < -0.3 is 15.4 Å². The summed E-state index contributed by atoms with van der Waals surface area (Å²) >= 11 is 0. The van der Waals surface area contributed by atoms with Gasteiger partial charge in [-0.15, -0.1) is 0 Å². The summed E-state index contributed by atoms with van der Waals surface area (Å²) in [5.74, 6) is -0.346. The number of para-hydroxylation sites is 1. The fraction of sp³-hybridized carbons (Fsp3) is 0.474. The molecule has 8 heteroatoms. The lowest BCUT2D eigenvalue weighted by Gasteiger charge is -2.25. The number of nitrogens with one attached hydrogen (secondary N) is 2. The zero-order chi connectivity index (χ0) is 20.6. The van der Waals surface area contributed by atoms with Gasteiger partial charge in [0, 0.05) is 18.7 Å². The predicted molar refractivity (Wildman–Crippen MR) is 103 cm³/mol. The Bertz CT molecular complexity index is 708. The van der Waals surface area contributed by atoms with E-state index in [-0.39, 0.29) is 24.2 Å². The zero-order valence-electron chi connectivity index (χ0n) is 16.3. The van der Waals surface area contributed by atoms with Gasteiger partial charge in [-0.25, -0.2) is 4.79 Å². The fourth-order valence-electron chi connectivity index (χ4n) is 2.14. The van der Waals surface area contributed by atoms with E-state index in [1.54, 1.807) is 39.0 Å². The molecule has 0 bridgehead atoms. The monoisotopic (exact) mass is 377 g/mol. The Morgan fingerprint density at radius 1 is 1.26 bits per heavy atom. The maximum absolute atomic E-state index is 12.0. The molecule has 8 nitrogen and oxygen atoms in total. The molecule has 0 saturated heterocycles. The average molecular weight is 377 g/mol. The Labute approximate surface area is 159 Å². The maximum Gasteiger partial charge on any atom is 0.407 e. The average Bonchev–Trinajstić information content (AvgIpc) is 2.54. The lowest BCUT2D eigenvalue weighted by Crippen LogP contribution is -2.47. The third kappa shape index (κ3) is 8.35. The molecule has 27 heavy (non-hydrogen) atoms. The van der Waals surface area contributed by atoms with Crippen LogP contribution in [-0.4, -0.2) is 35.1 Å². The molecule has 0 aliphatic rings. The Morgan fingerprint density at radius 3 is 2.44 bits per heavy atom. The number of carbonyl (C=O) groups excluding carboxylic acids is 2. The van der Waals surface area contributed by atoms with Crippen LogP contribution in [0.2, 0.25) is 0 Å². The summed E-state index contributed by atoms with van der Waals surface area (Å²) in [6.45, 7) is 9.34. The van der Waals surface area contributed by atoms with Crippen molar-refractivity contribution >= 4 is 23.8 Å². The van der Waals surface area contributed by atoms with Gasteiger partial charge in [-0.3, -0.25) is 14.9 Å². The van der Waals surface area contributed by atoms with Gasteiger partial charge in [-0.2, -0.15) is 0 Å². The number of benzene rings is 1. The Balaban J connectivity index is 2.65. The number of rotatable bonds is 7. The van der Waals surface area contributed by atoms with Crippen LogP contribution >= 0.6 is 0 Å². The number of nitro groups is 1. The highest BCUT2D eigenvalue weighted by Gasteiger charge is 2.21. The number of ether oxygens (including phenoxy) is 1. The van der Waals surface area contributed by atoms with Crippen molar-refractivity contribution in [1.82, 2.24) is 10.6 Å². The molecule has 2 N–H and O–H groups in total. The van der Waals surface area contributed by atoms with E-state index in [0.29, 0.717) is 5.56 Å². The van der Waals surface area contributed by atoms with E-state index in [2.05, 4.69) is 10.6 Å². The Hall–Kier alpha value is -2.90. The van der Waals surface area contributed by atoms with Gasteiger partial charge in [0.15, 0.2) is 0 Å². The number of hydrogen-bond donors (Lipinski definition) is 2. The summed E-state index contributed by atoms with van der Waals surface area (Å²) in [7, 11) is 0. The van der Waals surface area contributed by atoms with Gasteiger partial charge in [-0.1, -0.05) is 26.0 Å². The summed E-state index contributed by atoms with van der Waals surface area (Å²) in [6, 6.07) is 5.83. The van der Waals surface area contributed by atoms with E-state index in [1.165, 1.54) is 18.2 Å². The first-order chi connectivity index (χ1) is 12.5. The SMILES string of the molecule is CC(C)C(CNC(=O)/C=C/c1ccccc1[N+](=O)[O-])NC(=O)OC(C)(C)C. The number of nitrogens with zero attached hydrogens (tertiary/aromatic N) is 1. The van der Waals surface area contributed by atoms with Gasteiger partial charge in [0.05, 0.1) is 16.5 Å². The Morgan fingerprint density at radius 2 is 1.89 bits per heavy atom. The summed E-state index contributed by atoms with van der Waals surface area (Å²) in [6.07, 6.45) is 2.07. The van der Waals surface area contributed by atoms with Gasteiger partial charge in [0.2, 0.25) is 5.91 Å². The normalized spacial score (nSPS) is 12.7. The van der Waals surface area contributed by atoms with Crippen LogP contribution in [0.25, 0.3) is 6.08 Å². The zero-order valence-corrected chi connectivity index (χ0v) is 16.3. The van der Waals surface area contributed by atoms with Crippen LogP contribution in [0.4, 0.5) is 10.5 Å². The van der Waals surface area contributed by atoms with Gasteiger partial charge in [0.1, 0.15) is 5.60 Å². The molecule has 0 saturated carbocycles. The van der Waals surface area contributed by atoms with Crippen molar-refractivity contribution in [3.05, 3.63) is 46.0 Å². The Kier molecular flexibility index (Phi) is 7.96. The molecule has 1 rings (SSSR count). The highest BCUT2D eigenvalue weighted by Crippen LogP contribution is 2.18. The molecular formula is C19H27N3O5. The minimum atomic E-state index is -0.609. The minimum Gasteiger partial charge on any atom is -0.444 e. The molecule has 0 aromatic heterocycles. The van der Waals surface area contributed by atoms with E-state index in [9.17, 15) is 19.7 Å². The van der Waals surface area contributed by atoms with Crippen LogP contribution < -0.4 is 10.6 Å². The van der Waals surface area contributed by atoms with Crippen molar-refractivity contribution in [3.63, 3.8) is 0 Å². The van der Waals surface area contributed by atoms with Crippen LogP contribution in [0, 0.1) is 16.0 Å². The van der Waals surface area contributed by atoms with E-state index >= 15 is 0 Å². The number of hydrogen-bond acceptors (Lipinski definition) is 5. The number of nitro benzene ring substituents is 1. The summed E-state index contributed by atoms with van der Waals surface area (Å²) in [5, 5.41) is 16.4. The van der Waals surface area contributed by atoms with Crippen molar-refractivity contribution in [1.29, 1.82) is 0 Å². The predicted octanol–water partition coefficient (Wildman–Crippen LogP) is 3.27. The minimum absolute atomic E-state index is 0.0667. The van der Waals surface area contributed by atoms with Gasteiger partial charge in [-0.05, 0) is 38.8 Å². The smallest absolute Gasteiger partial charge is 0.407 e. The number of alkyl carbamates (subject to hydrolysis) is 1. The molecule has 1 unspecified atom stereocenters. The molecule has 0 heterocycles. The summed E-state index contributed by atoms with van der Waals surface area (Å²) < 4.78 is 5.23. The third-order valence-corrected chi connectivity index (χ3v) is 3.55. The second-order valence-corrected chi connectivity index (χ2v) is 7.39. The molecule has 0 aliphatic heterocycles. The largest absolute Gasteiger partial charge is 0.444 e. The van der Waals surface area contributed by atoms with Crippen LogP contribution in [0.3, 0.4) is 0 Å². The van der Waals surface area contributed by atoms with Gasteiger partial charge in [0.25, 0.3) is 5.69 Å². The molecule has 0 radical (unpaired) electrons. The van der Waals surface area contributed by atoms with Crippen LogP contribution in [0.1, 0.15) is 40.2 Å². The van der Waals surface area contributed by atoms with Crippen LogP contribution in [-0.2, 0) is 9.53 Å². The van der Waals surface area contributed by atoms with E-state index in [4.69, 9.17) is 4.74 Å². The lowest BCUT2D eigenvalue weighted by atomic mass is 10.0. The third-order valence-electron chi connectivity index (χ3n) is 3.55. The second kappa shape index (κ2) is 9.70. The molecule has 0 spiro atoms. The first-order valence-electron chi connectivity index (χ1n) is 8.68. The van der Waals surface area contributed by atoms with Gasteiger partial charge >= 0.3 is 6.09 Å². The molecule has 1 aromatic carbocycles. The quantitative estimate of drug-likeness (QED) is 0.430. The summed E-state index contributed by atoms with van der Waals surface area (Å²) in [5.41, 5.74) is -0.347. The van der Waals surface area contributed by atoms with E-state index in [0.717, 1.165) is 0 Å². The second-order valence-electron chi connectivity index (χ2n) is 7.39. The highest BCUT2D eigenvalue weighted by atomic mass is 16.6. The topological polar surface area (TPSA) is 111 Å². The lowest BCUT2D eigenvalue weighted by molar-refractivity contribution is -0.385. The molecule has 1 atom stereocenters. The first-order valence-corrected chi connectivity index (χ1v) is 8.68. The molecular weight excluding hydrogens is 350 g/mol. The molecule has 148 valence electrons. The first kappa shape index (κ1) is 22.1. The molecule has 2 amide bonds. The standard InChI is InChI=1S/C19H27N3O5/c1-13(2)15(21-18(24)27-19(3,4)5)12-20-17(23)11-10-14-8-6-7-9-16(14)22(25)26/h6-11,13,15H,12H2,1-5H3,(H,20,23)(H,21,24)/b11-10+. The van der Waals surface area contributed by atoms with Crippen LogP contribution in [0.15, 0.2) is 30.3 Å². The van der Waals surface area contributed by atoms with Crippen LogP contribution in [0.5, 0.6) is 0 Å². The van der Waals surface area contributed by atoms with E-state index in [1.807, 2.05) is 13.8 Å². The molecule has 0 aliphatic carbocycles. The summed E-state index contributed by atoms with van der Waals surface area (Å²) in [4.78, 5) is 34.4. The fourth-order valence-corrected chi connectivity index (χ4v) is 2.14. The van der Waals surface area contributed by atoms with Crippen molar-refractivity contribution in [2.75, 3.05) is 6.54 Å². The molecule has 1 aromatic rings. The number of amides is 2. The van der Waals surface area contributed by atoms with E-state index < -0.39 is 22.5 Å². The molecule has 0 fully saturated rings.